The van der Waals surface area contributed by atoms with E-state index in [9.17, 15) is 0 Å². The van der Waals surface area contributed by atoms with E-state index in [1.54, 1.807) is 0 Å². The van der Waals surface area contributed by atoms with Gasteiger partial charge in [-0.3, -0.25) is 9.89 Å². The molecule has 0 aromatic carbocycles. The summed E-state index contributed by atoms with van der Waals surface area (Å²) in [6, 6.07) is 0.508. The Hall–Kier alpha value is -0.120. The summed E-state index contributed by atoms with van der Waals surface area (Å²) >= 11 is 5.68. The van der Waals surface area contributed by atoms with Gasteiger partial charge in [0.05, 0.1) is 25.1 Å². The predicted octanol–water partition coefficient (Wildman–Crippen LogP) is 1.71. The van der Waals surface area contributed by atoms with Crippen LogP contribution in [0.4, 0.5) is 0 Å². The first-order valence-electron chi connectivity index (χ1n) is 4.72. The maximum absolute atomic E-state index is 5.68. The number of hydrogen-bond donors (Lipinski definition) is 0. The number of hydrogen-bond acceptors (Lipinski definition) is 3. The number of aliphatic imine (C=N–C) groups is 1. The van der Waals surface area contributed by atoms with E-state index in [4.69, 9.17) is 16.3 Å². The highest BCUT2D eigenvalue weighted by Crippen LogP contribution is 2.09. The Morgan fingerprint density at radius 3 is 3.08 bits per heavy atom. The maximum atomic E-state index is 5.68. The van der Waals surface area contributed by atoms with Crippen molar-refractivity contribution in [1.29, 1.82) is 0 Å². The predicted molar refractivity (Wildman–Crippen MR) is 55.4 cm³/mol. The molecule has 1 rings (SSSR count). The number of ether oxygens (including phenoxy) is 1. The lowest BCUT2D eigenvalue weighted by Gasteiger charge is -2.33. The summed E-state index contributed by atoms with van der Waals surface area (Å²) in [5, 5.41) is 0.626. The van der Waals surface area contributed by atoms with Crippen LogP contribution in [0, 0.1) is 0 Å². The Kier molecular flexibility index (Phi) is 4.70. The Morgan fingerprint density at radius 2 is 2.46 bits per heavy atom. The minimum absolute atomic E-state index is 0.508. The van der Waals surface area contributed by atoms with Crippen LogP contribution in [-0.4, -0.2) is 42.5 Å². The molecular weight excluding hydrogens is 188 g/mol. The molecule has 0 saturated carbocycles. The van der Waals surface area contributed by atoms with Gasteiger partial charge in [0.2, 0.25) is 0 Å². The van der Waals surface area contributed by atoms with Gasteiger partial charge in [-0.1, -0.05) is 18.5 Å². The van der Waals surface area contributed by atoms with E-state index >= 15 is 0 Å². The third-order valence-electron chi connectivity index (χ3n) is 2.29. The van der Waals surface area contributed by atoms with Gasteiger partial charge in [-0.2, -0.15) is 0 Å². The summed E-state index contributed by atoms with van der Waals surface area (Å²) in [5.74, 6) is 0. The van der Waals surface area contributed by atoms with Crippen molar-refractivity contribution in [1.82, 2.24) is 4.90 Å². The second kappa shape index (κ2) is 5.58. The summed E-state index contributed by atoms with van der Waals surface area (Å²) in [6.07, 6.45) is 1.11. The second-order valence-electron chi connectivity index (χ2n) is 3.25. The number of halogens is 1. The molecule has 76 valence electrons. The van der Waals surface area contributed by atoms with Crippen molar-refractivity contribution in [3.05, 3.63) is 0 Å². The first-order chi connectivity index (χ1) is 6.24. The Morgan fingerprint density at radius 1 is 1.69 bits per heavy atom. The first kappa shape index (κ1) is 11.0. The fraction of sp³-hybridized carbons (Fsp3) is 0.889. The molecule has 1 aliphatic rings. The molecule has 0 N–H and O–H groups in total. The minimum Gasteiger partial charge on any atom is -0.378 e. The standard InChI is InChI=1S/C9H17ClN2O/c1-3-9-6-13-5-4-12(9)7-11-8(2)10/h9H,3-7H2,1-2H3/t9-/m1/s1. The van der Waals surface area contributed by atoms with E-state index in [1.165, 1.54) is 0 Å². The lowest BCUT2D eigenvalue weighted by Crippen LogP contribution is -2.45. The molecular formula is C9H17ClN2O. The van der Waals surface area contributed by atoms with Crippen molar-refractivity contribution < 1.29 is 4.74 Å². The monoisotopic (exact) mass is 204 g/mol. The first-order valence-corrected chi connectivity index (χ1v) is 5.10. The topological polar surface area (TPSA) is 24.8 Å². The van der Waals surface area contributed by atoms with Gasteiger partial charge in [-0.15, -0.1) is 0 Å². The third-order valence-corrected chi connectivity index (χ3v) is 2.41. The fourth-order valence-corrected chi connectivity index (χ4v) is 1.49. The zero-order valence-corrected chi connectivity index (χ0v) is 9.05. The number of morpholine rings is 1. The summed E-state index contributed by atoms with van der Waals surface area (Å²) in [4.78, 5) is 6.51. The fourth-order valence-electron chi connectivity index (χ4n) is 1.44. The highest BCUT2D eigenvalue weighted by Gasteiger charge is 2.20. The molecule has 1 fully saturated rings. The molecule has 0 aliphatic carbocycles. The molecule has 1 aliphatic heterocycles. The molecule has 0 aromatic heterocycles. The summed E-state index contributed by atoms with van der Waals surface area (Å²) in [7, 11) is 0. The van der Waals surface area contributed by atoms with Crippen molar-refractivity contribution >= 4 is 16.8 Å². The van der Waals surface area contributed by atoms with Crippen LogP contribution >= 0.6 is 11.6 Å². The van der Waals surface area contributed by atoms with Crippen LogP contribution in [0.3, 0.4) is 0 Å². The molecule has 0 radical (unpaired) electrons. The molecule has 4 heteroatoms. The molecule has 0 aromatic rings. The molecule has 3 nitrogen and oxygen atoms in total. The minimum atomic E-state index is 0.508. The normalized spacial score (nSPS) is 26.4. The van der Waals surface area contributed by atoms with Gasteiger partial charge in [-0.25, -0.2) is 0 Å². The lowest BCUT2D eigenvalue weighted by atomic mass is 10.2. The van der Waals surface area contributed by atoms with Gasteiger partial charge in [0.15, 0.2) is 0 Å². The summed E-state index contributed by atoms with van der Waals surface area (Å²) in [6.45, 7) is 7.29. The molecule has 0 amide bonds. The van der Waals surface area contributed by atoms with Gasteiger partial charge >= 0.3 is 0 Å². The Balaban J connectivity index is 2.40. The smallest absolute Gasteiger partial charge is 0.0988 e. The maximum Gasteiger partial charge on any atom is 0.0988 e. The van der Waals surface area contributed by atoms with Crippen molar-refractivity contribution in [3.63, 3.8) is 0 Å². The lowest BCUT2D eigenvalue weighted by molar-refractivity contribution is -0.00691. The zero-order valence-electron chi connectivity index (χ0n) is 8.29. The van der Waals surface area contributed by atoms with Crippen LogP contribution in [0.5, 0.6) is 0 Å². The summed E-state index contributed by atoms with van der Waals surface area (Å²) < 4.78 is 5.39. The van der Waals surface area contributed by atoms with Crippen molar-refractivity contribution in [2.24, 2.45) is 4.99 Å². The van der Waals surface area contributed by atoms with Gasteiger partial charge < -0.3 is 4.74 Å². The van der Waals surface area contributed by atoms with E-state index in [-0.39, 0.29) is 0 Å². The Labute approximate surface area is 84.7 Å². The van der Waals surface area contributed by atoms with Crippen LogP contribution < -0.4 is 0 Å². The number of nitrogens with zero attached hydrogens (tertiary/aromatic N) is 2. The van der Waals surface area contributed by atoms with Gasteiger partial charge in [-0.05, 0) is 13.3 Å². The van der Waals surface area contributed by atoms with E-state index in [2.05, 4.69) is 16.8 Å². The van der Waals surface area contributed by atoms with Crippen LogP contribution in [0.1, 0.15) is 20.3 Å². The van der Waals surface area contributed by atoms with Gasteiger partial charge in [0.25, 0.3) is 0 Å². The molecule has 1 heterocycles. The van der Waals surface area contributed by atoms with Crippen LogP contribution in [0.2, 0.25) is 0 Å². The van der Waals surface area contributed by atoms with E-state index in [1.807, 2.05) is 6.92 Å². The zero-order chi connectivity index (χ0) is 9.68. The molecule has 1 atom stereocenters. The molecule has 0 spiro atoms. The van der Waals surface area contributed by atoms with Crippen molar-refractivity contribution in [3.8, 4) is 0 Å². The SMILES string of the molecule is CC[C@@H]1COCCN1CN=C(C)Cl. The molecule has 0 bridgehead atoms. The van der Waals surface area contributed by atoms with Crippen molar-refractivity contribution in [2.75, 3.05) is 26.4 Å². The highest BCUT2D eigenvalue weighted by atomic mass is 35.5. The van der Waals surface area contributed by atoms with E-state index in [0.29, 0.717) is 17.9 Å². The molecule has 1 saturated heterocycles. The van der Waals surface area contributed by atoms with E-state index < -0.39 is 0 Å². The average molecular weight is 205 g/mol. The molecule has 13 heavy (non-hydrogen) atoms. The van der Waals surface area contributed by atoms with Crippen LogP contribution in [0.15, 0.2) is 4.99 Å². The average Bonchev–Trinajstić information content (AvgIpc) is 2.15. The van der Waals surface area contributed by atoms with Gasteiger partial charge in [0, 0.05) is 12.6 Å². The van der Waals surface area contributed by atoms with Gasteiger partial charge in [0.1, 0.15) is 0 Å². The van der Waals surface area contributed by atoms with Crippen LogP contribution in [-0.2, 0) is 4.74 Å². The molecule has 0 unspecified atom stereocenters. The Bertz CT molecular complexity index is 180. The number of rotatable bonds is 3. The highest BCUT2D eigenvalue weighted by molar-refractivity contribution is 6.64. The largest absolute Gasteiger partial charge is 0.378 e. The third kappa shape index (κ3) is 3.63. The van der Waals surface area contributed by atoms with Crippen molar-refractivity contribution in [2.45, 2.75) is 26.3 Å². The van der Waals surface area contributed by atoms with E-state index in [0.717, 1.165) is 26.2 Å². The summed E-state index contributed by atoms with van der Waals surface area (Å²) in [5.41, 5.74) is 0. The quantitative estimate of drug-likeness (QED) is 0.654. The van der Waals surface area contributed by atoms with Crippen LogP contribution in [0.25, 0.3) is 0 Å². The second-order valence-corrected chi connectivity index (χ2v) is 3.79.